The van der Waals surface area contributed by atoms with Crippen LogP contribution >= 0.6 is 0 Å². The number of hydrogen-bond donors (Lipinski definition) is 0. The van der Waals surface area contributed by atoms with Crippen LogP contribution in [0.2, 0.25) is 0 Å². The molecule has 0 radical (unpaired) electrons. The molecule has 6 nitrogen and oxygen atoms in total. The van der Waals surface area contributed by atoms with Crippen LogP contribution in [0, 0.1) is 0 Å². The molecule has 0 unspecified atom stereocenters. The van der Waals surface area contributed by atoms with Crippen LogP contribution in [0.3, 0.4) is 0 Å². The van der Waals surface area contributed by atoms with Crippen molar-refractivity contribution in [1.29, 1.82) is 0 Å². The van der Waals surface area contributed by atoms with Gasteiger partial charge in [-0.15, -0.1) is 0 Å². The lowest BCUT2D eigenvalue weighted by Gasteiger charge is -2.09. The fourth-order valence-corrected chi connectivity index (χ4v) is 8.31. The van der Waals surface area contributed by atoms with Crippen molar-refractivity contribution in [2.75, 3.05) is 0 Å². The van der Waals surface area contributed by atoms with Crippen LogP contribution in [0.4, 0.5) is 0 Å². The standard InChI is InChI=1S/C51H30N4O2/c1-4-12-31(13-5-1)34-20-23-38-37-18-10-11-19-43(37)55(44(38)26-34)36-22-25-40-42-30-47-41(29-48(42)57-46(40)28-36)39-24-21-35(27-45(39)56-47)51-53-49(32-14-6-2-7-15-32)52-50(54-51)33-16-8-3-9-17-33/h1-30H. The van der Waals surface area contributed by atoms with Gasteiger partial charge >= 0.3 is 0 Å². The van der Waals surface area contributed by atoms with E-state index in [0.717, 1.165) is 77.3 Å². The number of nitrogens with zero attached hydrogens (tertiary/aromatic N) is 4. The Bertz CT molecular complexity index is 3450. The molecular weight excluding hydrogens is 701 g/mol. The van der Waals surface area contributed by atoms with Crippen molar-refractivity contribution in [3.05, 3.63) is 182 Å². The Hall–Kier alpha value is -7.83. The number of aromatic nitrogens is 4. The van der Waals surface area contributed by atoms with Gasteiger partial charge in [0.05, 0.1) is 11.0 Å². The van der Waals surface area contributed by atoms with E-state index < -0.39 is 0 Å². The average molecular weight is 731 g/mol. The summed E-state index contributed by atoms with van der Waals surface area (Å²) >= 11 is 0. The maximum absolute atomic E-state index is 6.66. The number of hydrogen-bond acceptors (Lipinski definition) is 5. The van der Waals surface area contributed by atoms with Gasteiger partial charge in [-0.25, -0.2) is 15.0 Å². The monoisotopic (exact) mass is 730 g/mol. The third kappa shape index (κ3) is 5.08. The fourth-order valence-electron chi connectivity index (χ4n) is 8.31. The number of para-hydroxylation sites is 1. The summed E-state index contributed by atoms with van der Waals surface area (Å²) in [5.74, 6) is 1.82. The minimum absolute atomic E-state index is 0.583. The predicted octanol–water partition coefficient (Wildman–Crippen LogP) is 13.4. The second kappa shape index (κ2) is 12.3. The molecule has 0 saturated carbocycles. The largest absolute Gasteiger partial charge is 0.456 e. The molecule has 0 bridgehead atoms. The third-order valence-corrected chi connectivity index (χ3v) is 11.0. The van der Waals surface area contributed by atoms with Gasteiger partial charge < -0.3 is 13.4 Å². The Labute approximate surface area is 325 Å². The molecule has 12 rings (SSSR count). The summed E-state index contributed by atoms with van der Waals surface area (Å²) in [7, 11) is 0. The number of furan rings is 2. The van der Waals surface area contributed by atoms with Gasteiger partial charge in [-0.1, -0.05) is 127 Å². The molecule has 266 valence electrons. The second-order valence-electron chi connectivity index (χ2n) is 14.4. The first kappa shape index (κ1) is 31.5. The molecule has 0 saturated heterocycles. The highest BCUT2D eigenvalue weighted by Gasteiger charge is 2.19. The summed E-state index contributed by atoms with van der Waals surface area (Å²) < 4.78 is 15.6. The first-order valence-electron chi connectivity index (χ1n) is 19.0. The van der Waals surface area contributed by atoms with Crippen LogP contribution in [-0.4, -0.2) is 19.5 Å². The first-order chi connectivity index (χ1) is 28.2. The molecular formula is C51H30N4O2. The maximum atomic E-state index is 6.66. The topological polar surface area (TPSA) is 69.9 Å². The third-order valence-electron chi connectivity index (χ3n) is 11.0. The number of rotatable bonds is 5. The van der Waals surface area contributed by atoms with Gasteiger partial charge in [0.2, 0.25) is 0 Å². The average Bonchev–Trinajstić information content (AvgIpc) is 3.94. The van der Waals surface area contributed by atoms with Gasteiger partial charge in [0.15, 0.2) is 17.5 Å². The number of benzene rings is 8. The van der Waals surface area contributed by atoms with E-state index in [1.165, 1.54) is 21.9 Å². The van der Waals surface area contributed by atoms with E-state index in [4.69, 9.17) is 23.8 Å². The van der Waals surface area contributed by atoms with Crippen LogP contribution in [-0.2, 0) is 0 Å². The predicted molar refractivity (Wildman–Crippen MR) is 230 cm³/mol. The molecule has 6 heteroatoms. The van der Waals surface area contributed by atoms with Crippen molar-refractivity contribution in [2.24, 2.45) is 0 Å². The van der Waals surface area contributed by atoms with Crippen molar-refractivity contribution in [1.82, 2.24) is 19.5 Å². The van der Waals surface area contributed by atoms with Gasteiger partial charge in [0.1, 0.15) is 22.3 Å². The molecule has 0 N–H and O–H groups in total. The smallest absolute Gasteiger partial charge is 0.164 e. The fraction of sp³-hybridized carbons (Fsp3) is 0. The zero-order valence-corrected chi connectivity index (χ0v) is 30.4. The SMILES string of the molecule is c1ccc(-c2ccc3c4ccccc4n(-c4ccc5c(c4)oc4cc6c(cc45)oc4cc(-c5nc(-c7ccccc7)nc(-c7ccccc7)n5)ccc46)c3c2)cc1. The molecule has 0 aliphatic carbocycles. The molecule has 8 aromatic carbocycles. The molecule has 4 heterocycles. The van der Waals surface area contributed by atoms with Crippen LogP contribution < -0.4 is 0 Å². The maximum Gasteiger partial charge on any atom is 0.164 e. The minimum Gasteiger partial charge on any atom is -0.456 e. The lowest BCUT2D eigenvalue weighted by atomic mass is 10.0. The quantitative estimate of drug-likeness (QED) is 0.176. The van der Waals surface area contributed by atoms with Crippen molar-refractivity contribution in [3.63, 3.8) is 0 Å². The zero-order chi connectivity index (χ0) is 37.5. The van der Waals surface area contributed by atoms with Crippen LogP contribution in [0.25, 0.3) is 117 Å². The van der Waals surface area contributed by atoms with E-state index >= 15 is 0 Å². The molecule has 12 aromatic rings. The highest BCUT2D eigenvalue weighted by atomic mass is 16.3. The van der Waals surface area contributed by atoms with Gasteiger partial charge in [-0.2, -0.15) is 0 Å². The van der Waals surface area contributed by atoms with E-state index in [0.29, 0.717) is 17.5 Å². The van der Waals surface area contributed by atoms with E-state index in [1.807, 2.05) is 66.7 Å². The molecule has 0 aliphatic rings. The molecule has 0 atom stereocenters. The zero-order valence-electron chi connectivity index (χ0n) is 30.4. The highest BCUT2D eigenvalue weighted by Crippen LogP contribution is 2.40. The number of fused-ring (bicyclic) bond motifs is 9. The lowest BCUT2D eigenvalue weighted by Crippen LogP contribution is -2.00. The van der Waals surface area contributed by atoms with Crippen LogP contribution in [0.15, 0.2) is 191 Å². The Morgan fingerprint density at radius 3 is 1.42 bits per heavy atom. The summed E-state index contributed by atoms with van der Waals surface area (Å²) in [6, 6.07) is 62.8. The molecule has 0 amide bonds. The van der Waals surface area contributed by atoms with Gasteiger partial charge in [-0.3, -0.25) is 0 Å². The summed E-state index contributed by atoms with van der Waals surface area (Å²) in [5, 5.41) is 6.47. The van der Waals surface area contributed by atoms with Gasteiger partial charge in [-0.05, 0) is 59.7 Å². The van der Waals surface area contributed by atoms with Crippen LogP contribution in [0.5, 0.6) is 0 Å². The minimum atomic E-state index is 0.583. The Morgan fingerprint density at radius 2 is 0.772 bits per heavy atom. The summed E-state index contributed by atoms with van der Waals surface area (Å²) in [6.45, 7) is 0. The lowest BCUT2D eigenvalue weighted by molar-refractivity contribution is 0.664. The van der Waals surface area contributed by atoms with Crippen molar-refractivity contribution < 1.29 is 8.83 Å². The molecule has 4 aromatic heterocycles. The van der Waals surface area contributed by atoms with E-state index in [1.54, 1.807) is 0 Å². The molecule has 0 aliphatic heterocycles. The van der Waals surface area contributed by atoms with Crippen molar-refractivity contribution >= 4 is 65.7 Å². The molecule has 0 spiro atoms. The van der Waals surface area contributed by atoms with Crippen molar-refractivity contribution in [2.45, 2.75) is 0 Å². The normalized spacial score (nSPS) is 11.9. The van der Waals surface area contributed by atoms with Crippen molar-refractivity contribution in [3.8, 4) is 51.0 Å². The van der Waals surface area contributed by atoms with Crippen LogP contribution in [0.1, 0.15) is 0 Å². The van der Waals surface area contributed by atoms with E-state index in [2.05, 4.69) is 120 Å². The van der Waals surface area contributed by atoms with E-state index in [9.17, 15) is 0 Å². The summed E-state index contributed by atoms with van der Waals surface area (Å²) in [5.41, 5.74) is 11.6. The van der Waals surface area contributed by atoms with Gasteiger partial charge in [0.25, 0.3) is 0 Å². The second-order valence-corrected chi connectivity index (χ2v) is 14.4. The Balaban J connectivity index is 0.970. The highest BCUT2D eigenvalue weighted by molar-refractivity contribution is 6.16. The summed E-state index contributed by atoms with van der Waals surface area (Å²) in [4.78, 5) is 14.7. The molecule has 0 fully saturated rings. The first-order valence-corrected chi connectivity index (χ1v) is 19.0. The Kier molecular flexibility index (Phi) is 6.83. The summed E-state index contributed by atoms with van der Waals surface area (Å²) in [6.07, 6.45) is 0. The van der Waals surface area contributed by atoms with Gasteiger partial charge in [0, 0.05) is 60.8 Å². The Morgan fingerprint density at radius 1 is 0.298 bits per heavy atom. The molecule has 57 heavy (non-hydrogen) atoms. The van der Waals surface area contributed by atoms with E-state index in [-0.39, 0.29) is 0 Å².